The molecule has 198 valence electrons. The lowest BCUT2D eigenvalue weighted by molar-refractivity contribution is -0.113. The van der Waals surface area contributed by atoms with E-state index in [2.05, 4.69) is 29.8 Å². The molecule has 0 aliphatic carbocycles. The first-order chi connectivity index (χ1) is 18.4. The quantitative estimate of drug-likeness (QED) is 0.271. The van der Waals surface area contributed by atoms with Gasteiger partial charge in [-0.15, -0.1) is 0 Å². The van der Waals surface area contributed by atoms with Gasteiger partial charge < -0.3 is 14.4 Å². The first-order valence-corrected chi connectivity index (χ1v) is 14.0. The molecule has 3 heterocycles. The second kappa shape index (κ2) is 11.6. The fraction of sp³-hybridized carbons (Fsp3) is 0.367. The zero-order valence-corrected chi connectivity index (χ0v) is 23.2. The van der Waals surface area contributed by atoms with E-state index in [1.807, 2.05) is 73.3 Å². The highest BCUT2D eigenvalue weighted by Crippen LogP contribution is 2.35. The number of carbonyl (C=O) groups is 1. The van der Waals surface area contributed by atoms with E-state index in [-0.39, 0.29) is 18.1 Å². The number of aryl methyl sites for hydroxylation is 1. The smallest absolute Gasteiger partial charge is 0.286 e. The maximum atomic E-state index is 13.0. The molecule has 1 amide bonds. The van der Waals surface area contributed by atoms with Gasteiger partial charge in [-0.2, -0.15) is 10.1 Å². The van der Waals surface area contributed by atoms with E-state index in [4.69, 9.17) is 14.6 Å². The summed E-state index contributed by atoms with van der Waals surface area (Å²) in [5, 5.41) is 5.68. The number of thioether (sulfide) groups is 1. The molecule has 0 N–H and O–H groups in total. The van der Waals surface area contributed by atoms with E-state index in [1.54, 1.807) is 0 Å². The van der Waals surface area contributed by atoms with E-state index in [0.29, 0.717) is 11.5 Å². The Labute approximate surface area is 228 Å². The summed E-state index contributed by atoms with van der Waals surface area (Å²) >= 11 is 1.42. The van der Waals surface area contributed by atoms with Crippen molar-refractivity contribution in [2.24, 2.45) is 4.99 Å². The third-order valence-corrected chi connectivity index (χ3v) is 7.60. The summed E-state index contributed by atoms with van der Waals surface area (Å²) < 4.78 is 13.7. The van der Waals surface area contributed by atoms with Gasteiger partial charge in [0.15, 0.2) is 5.17 Å². The summed E-state index contributed by atoms with van der Waals surface area (Å²) in [5.41, 5.74) is 4.65. The maximum Gasteiger partial charge on any atom is 0.286 e. The first-order valence-electron chi connectivity index (χ1n) is 13.2. The lowest BCUT2D eigenvalue weighted by atomic mass is 10.0. The molecule has 0 radical (unpaired) electrons. The number of aromatic nitrogens is 2. The standard InChI is InChI=1S/C30H34N4O3S/c1-5-6-14-36-26-13-12-23(15-20(26)2)28-24(19-34(32-28)25-10-8-7-9-11-25)16-27-29(35)31-30(38-27)33-17-21(3)37-22(4)18-33/h7-13,15-16,19,21-22H,5-6,14,17-18H2,1-4H3. The number of nitrogens with zero attached hydrogens (tertiary/aromatic N) is 4. The van der Waals surface area contributed by atoms with Gasteiger partial charge in [0.25, 0.3) is 5.91 Å². The summed E-state index contributed by atoms with van der Waals surface area (Å²) in [6.07, 6.45) is 6.20. The van der Waals surface area contributed by atoms with Crippen LogP contribution in [0.3, 0.4) is 0 Å². The topological polar surface area (TPSA) is 68.9 Å². The van der Waals surface area contributed by atoms with Crippen LogP contribution >= 0.6 is 11.8 Å². The number of amides is 1. The van der Waals surface area contributed by atoms with Crippen LogP contribution in [0.2, 0.25) is 0 Å². The second-order valence-corrected chi connectivity index (χ2v) is 10.9. The van der Waals surface area contributed by atoms with Crippen molar-refractivity contribution >= 4 is 28.9 Å². The third kappa shape index (κ3) is 5.87. The summed E-state index contributed by atoms with van der Waals surface area (Å²) in [6.45, 7) is 10.5. The molecule has 5 rings (SSSR count). The minimum Gasteiger partial charge on any atom is -0.493 e. The van der Waals surface area contributed by atoms with Crippen molar-refractivity contribution in [3.8, 4) is 22.7 Å². The minimum absolute atomic E-state index is 0.0954. The highest BCUT2D eigenvalue weighted by molar-refractivity contribution is 8.18. The van der Waals surface area contributed by atoms with Gasteiger partial charge in [-0.1, -0.05) is 31.5 Å². The highest BCUT2D eigenvalue weighted by Gasteiger charge is 2.31. The van der Waals surface area contributed by atoms with Crippen LogP contribution in [-0.2, 0) is 9.53 Å². The normalized spacial score (nSPS) is 20.7. The van der Waals surface area contributed by atoms with Crippen molar-refractivity contribution in [2.45, 2.75) is 52.7 Å². The molecule has 3 aromatic rings. The Morgan fingerprint density at radius 2 is 1.89 bits per heavy atom. The lowest BCUT2D eigenvalue weighted by Gasteiger charge is -2.35. The number of morpholine rings is 1. The summed E-state index contributed by atoms with van der Waals surface area (Å²) in [6, 6.07) is 16.1. The van der Waals surface area contributed by atoms with Gasteiger partial charge in [0.1, 0.15) is 11.4 Å². The Kier molecular flexibility index (Phi) is 8.00. The molecule has 1 saturated heterocycles. The summed E-state index contributed by atoms with van der Waals surface area (Å²) in [7, 11) is 0. The molecule has 2 aliphatic heterocycles. The number of rotatable bonds is 7. The number of aliphatic imine (C=N–C) groups is 1. The van der Waals surface area contributed by atoms with Crippen LogP contribution in [-0.4, -0.2) is 57.7 Å². The molecule has 2 aromatic carbocycles. The second-order valence-electron chi connectivity index (χ2n) is 9.87. The molecule has 2 atom stereocenters. The van der Waals surface area contributed by atoms with Gasteiger partial charge in [-0.05, 0) is 80.9 Å². The van der Waals surface area contributed by atoms with Gasteiger partial charge in [0.05, 0.1) is 29.4 Å². The Hall–Kier alpha value is -3.36. The lowest BCUT2D eigenvalue weighted by Crippen LogP contribution is -2.47. The predicted molar refractivity (Wildman–Crippen MR) is 154 cm³/mol. The maximum absolute atomic E-state index is 13.0. The molecule has 8 heteroatoms. The molecular formula is C30H34N4O3S. The van der Waals surface area contributed by atoms with Crippen molar-refractivity contribution < 1.29 is 14.3 Å². The Morgan fingerprint density at radius 1 is 1.13 bits per heavy atom. The fourth-order valence-electron chi connectivity index (χ4n) is 4.72. The molecule has 1 aromatic heterocycles. The van der Waals surface area contributed by atoms with E-state index in [9.17, 15) is 4.79 Å². The van der Waals surface area contributed by atoms with Crippen molar-refractivity contribution in [3.63, 3.8) is 0 Å². The Bertz CT molecular complexity index is 1360. The minimum atomic E-state index is -0.217. The van der Waals surface area contributed by atoms with Gasteiger partial charge in [-0.3, -0.25) is 4.79 Å². The zero-order chi connectivity index (χ0) is 26.6. The molecule has 0 spiro atoms. The first kappa shape index (κ1) is 26.3. The molecule has 0 saturated carbocycles. The van der Waals surface area contributed by atoms with Crippen molar-refractivity contribution in [3.05, 3.63) is 70.8 Å². The monoisotopic (exact) mass is 530 g/mol. The predicted octanol–water partition coefficient (Wildman–Crippen LogP) is 6.11. The number of hydrogen-bond acceptors (Lipinski definition) is 6. The van der Waals surface area contributed by atoms with Crippen molar-refractivity contribution in [2.75, 3.05) is 19.7 Å². The number of carbonyl (C=O) groups excluding carboxylic acids is 1. The number of benzene rings is 2. The summed E-state index contributed by atoms with van der Waals surface area (Å²) in [4.78, 5) is 20.1. The van der Waals surface area contributed by atoms with Crippen molar-refractivity contribution in [1.29, 1.82) is 0 Å². The van der Waals surface area contributed by atoms with Crippen LogP contribution in [0.4, 0.5) is 0 Å². The Balaban J connectivity index is 1.47. The Morgan fingerprint density at radius 3 is 2.61 bits per heavy atom. The van der Waals surface area contributed by atoms with E-state index in [1.165, 1.54) is 11.8 Å². The number of amidine groups is 1. The SMILES string of the molecule is CCCCOc1ccc(-c2nn(-c3ccccc3)cc2C=C2SC(N3CC(C)OC(C)C3)=NC2=O)cc1C. The molecular weight excluding hydrogens is 496 g/mol. The van der Waals surface area contributed by atoms with Crippen LogP contribution in [0, 0.1) is 6.92 Å². The fourth-order valence-corrected chi connectivity index (χ4v) is 5.65. The largest absolute Gasteiger partial charge is 0.493 e. The molecule has 1 fully saturated rings. The van der Waals surface area contributed by atoms with Crippen LogP contribution < -0.4 is 4.74 Å². The van der Waals surface area contributed by atoms with Crippen LogP contribution in [0.1, 0.15) is 44.7 Å². The van der Waals surface area contributed by atoms with Gasteiger partial charge in [0.2, 0.25) is 0 Å². The van der Waals surface area contributed by atoms with E-state index >= 15 is 0 Å². The van der Waals surface area contributed by atoms with E-state index < -0.39 is 0 Å². The number of unbranched alkanes of at least 4 members (excludes halogenated alkanes) is 1. The average molecular weight is 531 g/mol. The van der Waals surface area contributed by atoms with Gasteiger partial charge >= 0.3 is 0 Å². The molecule has 2 aliphatic rings. The highest BCUT2D eigenvalue weighted by atomic mass is 32.2. The molecule has 38 heavy (non-hydrogen) atoms. The van der Waals surface area contributed by atoms with Crippen LogP contribution in [0.5, 0.6) is 5.75 Å². The van der Waals surface area contributed by atoms with Crippen LogP contribution in [0.25, 0.3) is 23.0 Å². The number of ether oxygens (including phenoxy) is 2. The van der Waals surface area contributed by atoms with Crippen LogP contribution in [0.15, 0.2) is 64.6 Å². The average Bonchev–Trinajstić information content (AvgIpc) is 3.49. The van der Waals surface area contributed by atoms with Gasteiger partial charge in [0, 0.05) is 30.4 Å². The zero-order valence-electron chi connectivity index (χ0n) is 22.4. The third-order valence-electron chi connectivity index (χ3n) is 6.55. The molecule has 2 unspecified atom stereocenters. The molecule has 7 nitrogen and oxygen atoms in total. The van der Waals surface area contributed by atoms with Gasteiger partial charge in [-0.25, -0.2) is 4.68 Å². The number of hydrogen-bond donors (Lipinski definition) is 0. The summed E-state index contributed by atoms with van der Waals surface area (Å²) in [5.74, 6) is 0.671. The van der Waals surface area contributed by atoms with Crippen molar-refractivity contribution in [1.82, 2.24) is 14.7 Å². The van der Waals surface area contributed by atoms with E-state index in [0.717, 1.165) is 64.9 Å². The number of para-hydroxylation sites is 1. The molecule has 0 bridgehead atoms.